The highest BCUT2D eigenvalue weighted by Gasteiger charge is 2.17. The van der Waals surface area contributed by atoms with Crippen LogP contribution >= 0.6 is 0 Å². The molecule has 0 saturated carbocycles. The molecule has 4 heteroatoms. The lowest BCUT2D eigenvalue weighted by Gasteiger charge is -2.26. The van der Waals surface area contributed by atoms with Gasteiger partial charge in [-0.15, -0.1) is 0 Å². The van der Waals surface area contributed by atoms with Gasteiger partial charge < -0.3 is 16.0 Å². The second kappa shape index (κ2) is 5.19. The molecular weight excluding hydrogens is 214 g/mol. The molecule has 0 bridgehead atoms. The fourth-order valence-corrected chi connectivity index (χ4v) is 2.17. The summed E-state index contributed by atoms with van der Waals surface area (Å²) in [5.74, 6) is 0.130. The lowest BCUT2D eigenvalue weighted by Crippen LogP contribution is -2.29. The van der Waals surface area contributed by atoms with Crippen LogP contribution in [0.2, 0.25) is 0 Å². The Hall–Kier alpha value is -1.55. The van der Waals surface area contributed by atoms with Gasteiger partial charge in [0.05, 0.1) is 0 Å². The summed E-state index contributed by atoms with van der Waals surface area (Å²) in [6.07, 6.45) is 0.549. The Bertz CT molecular complexity index is 403. The average molecular weight is 233 g/mol. The molecule has 4 nitrogen and oxygen atoms in total. The third-order valence-corrected chi connectivity index (χ3v) is 3.08. The van der Waals surface area contributed by atoms with E-state index in [1.165, 1.54) is 0 Å². The molecule has 0 aromatic heterocycles. The number of carbonyl (C=O) groups is 1. The fourth-order valence-electron chi connectivity index (χ4n) is 2.17. The van der Waals surface area contributed by atoms with E-state index in [4.69, 9.17) is 5.73 Å². The van der Waals surface area contributed by atoms with Gasteiger partial charge in [-0.1, -0.05) is 18.2 Å². The molecule has 92 valence electrons. The molecule has 1 atom stereocenters. The highest BCUT2D eigenvalue weighted by Crippen LogP contribution is 2.25. The molecule has 3 N–H and O–H groups in total. The minimum Gasteiger partial charge on any atom is -0.369 e. The lowest BCUT2D eigenvalue weighted by atomic mass is 10.1. The molecule has 1 aromatic rings. The zero-order valence-corrected chi connectivity index (χ0v) is 10.1. The lowest BCUT2D eigenvalue weighted by molar-refractivity contribution is -0.120. The van der Waals surface area contributed by atoms with Crippen molar-refractivity contribution in [3.8, 4) is 0 Å². The first-order valence-electron chi connectivity index (χ1n) is 6.04. The van der Waals surface area contributed by atoms with Gasteiger partial charge >= 0.3 is 0 Å². The number of nitrogens with zero attached hydrogens (tertiary/aromatic N) is 1. The third kappa shape index (κ3) is 2.77. The van der Waals surface area contributed by atoms with Crippen LogP contribution in [0, 0.1) is 0 Å². The van der Waals surface area contributed by atoms with E-state index in [2.05, 4.69) is 22.3 Å². The zero-order chi connectivity index (χ0) is 12.3. The molecule has 0 radical (unpaired) electrons. The molecule has 0 aliphatic carbocycles. The summed E-state index contributed by atoms with van der Waals surface area (Å²) in [6.45, 7) is 4.29. The van der Waals surface area contributed by atoms with Crippen molar-refractivity contribution in [1.82, 2.24) is 5.32 Å². The minimum atomic E-state index is 0.0121. The predicted octanol–water partition coefficient (Wildman–Crippen LogP) is 1.03. The van der Waals surface area contributed by atoms with E-state index in [0.717, 1.165) is 24.3 Å². The van der Waals surface area contributed by atoms with Crippen molar-refractivity contribution >= 4 is 11.6 Å². The average Bonchev–Trinajstić information content (AvgIpc) is 2.54. The van der Waals surface area contributed by atoms with Gasteiger partial charge in [0, 0.05) is 37.8 Å². The van der Waals surface area contributed by atoms with Crippen molar-refractivity contribution in [2.75, 3.05) is 24.5 Å². The van der Waals surface area contributed by atoms with Crippen molar-refractivity contribution in [2.24, 2.45) is 5.73 Å². The summed E-state index contributed by atoms with van der Waals surface area (Å²) in [7, 11) is 0. The van der Waals surface area contributed by atoms with E-state index < -0.39 is 0 Å². The molecule has 1 unspecified atom stereocenters. The van der Waals surface area contributed by atoms with Crippen LogP contribution in [0.4, 0.5) is 5.69 Å². The number of carbonyl (C=O) groups excluding carboxylic acids is 1. The fraction of sp³-hybridized carbons (Fsp3) is 0.462. The SMILES string of the molecule is CC(N)c1ccccc1N1CCNC(=O)CC1. The number of para-hydroxylation sites is 1. The van der Waals surface area contributed by atoms with Crippen molar-refractivity contribution in [1.29, 1.82) is 0 Å². The normalized spacial score (nSPS) is 18.5. The monoisotopic (exact) mass is 233 g/mol. The Kier molecular flexibility index (Phi) is 3.64. The van der Waals surface area contributed by atoms with Crippen LogP contribution in [0.3, 0.4) is 0 Å². The minimum absolute atomic E-state index is 0.0121. The van der Waals surface area contributed by atoms with Crippen LogP contribution in [-0.2, 0) is 4.79 Å². The molecule has 0 spiro atoms. The van der Waals surface area contributed by atoms with E-state index in [-0.39, 0.29) is 11.9 Å². The van der Waals surface area contributed by atoms with Gasteiger partial charge in [0.2, 0.25) is 5.91 Å². The maximum atomic E-state index is 11.3. The Morgan fingerprint density at radius 1 is 1.35 bits per heavy atom. The summed E-state index contributed by atoms with van der Waals surface area (Å²) in [6, 6.07) is 8.16. The van der Waals surface area contributed by atoms with Crippen LogP contribution in [0.25, 0.3) is 0 Å². The Morgan fingerprint density at radius 2 is 2.12 bits per heavy atom. The van der Waals surface area contributed by atoms with E-state index in [0.29, 0.717) is 13.0 Å². The highest BCUT2D eigenvalue weighted by atomic mass is 16.1. The molecule has 1 fully saturated rings. The van der Waals surface area contributed by atoms with Crippen LogP contribution in [0.1, 0.15) is 24.9 Å². The summed E-state index contributed by atoms with van der Waals surface area (Å²) in [5.41, 5.74) is 8.27. The van der Waals surface area contributed by atoms with Gasteiger partial charge in [-0.05, 0) is 18.6 Å². The summed E-state index contributed by atoms with van der Waals surface area (Å²) in [4.78, 5) is 13.5. The second-order valence-electron chi connectivity index (χ2n) is 4.43. The Balaban J connectivity index is 2.23. The number of amides is 1. The molecule has 2 rings (SSSR count). The van der Waals surface area contributed by atoms with E-state index in [1.807, 2.05) is 19.1 Å². The Labute approximate surface area is 102 Å². The molecule has 1 aliphatic rings. The molecule has 1 amide bonds. The summed E-state index contributed by atoms with van der Waals surface area (Å²) in [5, 5.41) is 2.88. The largest absolute Gasteiger partial charge is 0.369 e. The topological polar surface area (TPSA) is 58.4 Å². The number of anilines is 1. The second-order valence-corrected chi connectivity index (χ2v) is 4.43. The molecule has 1 aromatic carbocycles. The zero-order valence-electron chi connectivity index (χ0n) is 10.1. The number of rotatable bonds is 2. The highest BCUT2D eigenvalue weighted by molar-refractivity contribution is 5.77. The van der Waals surface area contributed by atoms with Gasteiger partial charge in [-0.25, -0.2) is 0 Å². The number of benzene rings is 1. The van der Waals surface area contributed by atoms with Crippen molar-refractivity contribution < 1.29 is 4.79 Å². The molecule has 17 heavy (non-hydrogen) atoms. The number of hydrogen-bond acceptors (Lipinski definition) is 3. The van der Waals surface area contributed by atoms with Gasteiger partial charge in [0.25, 0.3) is 0 Å². The number of hydrogen-bond donors (Lipinski definition) is 2. The smallest absolute Gasteiger partial charge is 0.221 e. The van der Waals surface area contributed by atoms with E-state index in [1.54, 1.807) is 0 Å². The van der Waals surface area contributed by atoms with Crippen LogP contribution in [-0.4, -0.2) is 25.5 Å². The molecule has 1 saturated heterocycles. The third-order valence-electron chi connectivity index (χ3n) is 3.08. The molecule has 1 heterocycles. The van der Waals surface area contributed by atoms with Crippen molar-refractivity contribution in [3.63, 3.8) is 0 Å². The first kappa shape index (κ1) is 11.9. The summed E-state index contributed by atoms with van der Waals surface area (Å²) < 4.78 is 0. The first-order chi connectivity index (χ1) is 8.18. The van der Waals surface area contributed by atoms with Gasteiger partial charge in [0.15, 0.2) is 0 Å². The van der Waals surface area contributed by atoms with Crippen LogP contribution in [0.5, 0.6) is 0 Å². The molecular formula is C13H19N3O. The van der Waals surface area contributed by atoms with Crippen molar-refractivity contribution in [3.05, 3.63) is 29.8 Å². The first-order valence-corrected chi connectivity index (χ1v) is 6.04. The van der Waals surface area contributed by atoms with E-state index in [9.17, 15) is 4.79 Å². The van der Waals surface area contributed by atoms with Crippen molar-refractivity contribution in [2.45, 2.75) is 19.4 Å². The Morgan fingerprint density at radius 3 is 2.88 bits per heavy atom. The maximum Gasteiger partial charge on any atom is 0.221 e. The van der Waals surface area contributed by atoms with E-state index >= 15 is 0 Å². The van der Waals surface area contributed by atoms with Gasteiger partial charge in [-0.2, -0.15) is 0 Å². The number of nitrogens with two attached hydrogens (primary N) is 1. The van der Waals surface area contributed by atoms with Crippen LogP contribution in [0.15, 0.2) is 24.3 Å². The standard InChI is InChI=1S/C13H19N3O/c1-10(14)11-4-2-3-5-12(11)16-8-6-13(17)15-7-9-16/h2-5,10H,6-9,14H2,1H3,(H,15,17). The molecule has 1 aliphatic heterocycles. The number of nitrogens with one attached hydrogen (secondary N) is 1. The van der Waals surface area contributed by atoms with Gasteiger partial charge in [-0.3, -0.25) is 4.79 Å². The summed E-state index contributed by atoms with van der Waals surface area (Å²) >= 11 is 0. The van der Waals surface area contributed by atoms with Gasteiger partial charge in [0.1, 0.15) is 0 Å². The quantitative estimate of drug-likeness (QED) is 0.802. The predicted molar refractivity (Wildman–Crippen MR) is 68.9 cm³/mol. The maximum absolute atomic E-state index is 11.3. The van der Waals surface area contributed by atoms with Crippen LogP contribution < -0.4 is 16.0 Å².